The SMILES string of the molecule is COc1ccc(N2C(=O)[C@@H]3[C@@H](C2=O)[C@H]2c4ccccc4C=CN2[C@@H]3C(=O)OC(c2ccccc2)c2ccccc2)cc1. The third-order valence-electron chi connectivity index (χ3n) is 8.47. The maximum absolute atomic E-state index is 14.3. The molecule has 2 amide bonds. The molecule has 0 spiro atoms. The number of hydrogen-bond donors (Lipinski definition) is 0. The molecule has 7 rings (SSSR count). The Kier molecular flexibility index (Phi) is 6.35. The number of imide groups is 1. The van der Waals surface area contributed by atoms with Gasteiger partial charge in [0.15, 0.2) is 6.10 Å². The number of carbonyl (C=O) groups is 3. The minimum Gasteiger partial charge on any atom is -0.497 e. The second-order valence-corrected chi connectivity index (χ2v) is 10.7. The van der Waals surface area contributed by atoms with E-state index in [9.17, 15) is 14.4 Å². The molecule has 2 fully saturated rings. The van der Waals surface area contributed by atoms with Crippen molar-refractivity contribution in [3.63, 3.8) is 0 Å². The molecule has 7 heteroatoms. The third kappa shape index (κ3) is 4.08. The Morgan fingerprint density at radius 3 is 1.98 bits per heavy atom. The highest BCUT2D eigenvalue weighted by Crippen LogP contribution is 2.53. The van der Waals surface area contributed by atoms with E-state index in [4.69, 9.17) is 9.47 Å². The van der Waals surface area contributed by atoms with E-state index in [0.29, 0.717) is 11.4 Å². The maximum atomic E-state index is 14.3. The fourth-order valence-corrected chi connectivity index (χ4v) is 6.58. The molecule has 7 nitrogen and oxygen atoms in total. The molecule has 0 saturated carbocycles. The van der Waals surface area contributed by atoms with Gasteiger partial charge in [0.2, 0.25) is 11.8 Å². The summed E-state index contributed by atoms with van der Waals surface area (Å²) < 4.78 is 11.6. The van der Waals surface area contributed by atoms with Gasteiger partial charge in [-0.2, -0.15) is 0 Å². The van der Waals surface area contributed by atoms with Gasteiger partial charge < -0.3 is 14.4 Å². The Hall–Kier alpha value is -5.17. The van der Waals surface area contributed by atoms with Gasteiger partial charge in [0, 0.05) is 6.20 Å². The Labute approximate surface area is 243 Å². The van der Waals surface area contributed by atoms with Crippen LogP contribution in [-0.2, 0) is 19.1 Å². The van der Waals surface area contributed by atoms with Crippen LogP contribution in [0.25, 0.3) is 6.08 Å². The van der Waals surface area contributed by atoms with E-state index in [0.717, 1.165) is 22.3 Å². The zero-order chi connectivity index (χ0) is 28.8. The number of benzene rings is 4. The number of esters is 1. The normalized spacial score (nSPS) is 22.1. The third-order valence-corrected chi connectivity index (χ3v) is 8.47. The molecule has 4 aromatic carbocycles. The van der Waals surface area contributed by atoms with Crippen LogP contribution in [0.5, 0.6) is 5.75 Å². The Balaban J connectivity index is 1.30. The van der Waals surface area contributed by atoms with Gasteiger partial charge in [-0.15, -0.1) is 0 Å². The summed E-state index contributed by atoms with van der Waals surface area (Å²) in [6.45, 7) is 0. The van der Waals surface area contributed by atoms with Gasteiger partial charge in [0.25, 0.3) is 0 Å². The molecule has 0 unspecified atom stereocenters. The summed E-state index contributed by atoms with van der Waals surface area (Å²) in [4.78, 5) is 45.7. The lowest BCUT2D eigenvalue weighted by Crippen LogP contribution is -2.45. The average Bonchev–Trinajstić information content (AvgIpc) is 3.52. The van der Waals surface area contributed by atoms with Crippen LogP contribution in [0.1, 0.15) is 34.4 Å². The van der Waals surface area contributed by atoms with Crippen LogP contribution >= 0.6 is 0 Å². The minimum atomic E-state index is -0.987. The van der Waals surface area contributed by atoms with Crippen molar-refractivity contribution in [2.75, 3.05) is 12.0 Å². The second-order valence-electron chi connectivity index (χ2n) is 10.7. The van der Waals surface area contributed by atoms with Crippen LogP contribution < -0.4 is 9.64 Å². The van der Waals surface area contributed by atoms with Gasteiger partial charge in [-0.1, -0.05) is 84.9 Å². The number of fused-ring (bicyclic) bond motifs is 5. The first-order valence-corrected chi connectivity index (χ1v) is 13.9. The molecule has 3 aliphatic rings. The number of carbonyl (C=O) groups excluding carboxylic acids is 3. The minimum absolute atomic E-state index is 0.326. The molecule has 0 aromatic heterocycles. The maximum Gasteiger partial charge on any atom is 0.330 e. The molecule has 2 saturated heterocycles. The van der Waals surface area contributed by atoms with Crippen LogP contribution in [-0.4, -0.2) is 35.8 Å². The standard InChI is InChI=1S/C35H28N2O5/c1-41-26-18-16-25(17-19-26)37-33(38)28-29(34(37)39)31(36-21-20-22-10-8-9-15-27(22)30(28)36)35(40)42-32(23-11-4-2-5-12-23)24-13-6-3-7-14-24/h2-21,28-32H,1H3/t28-,29-,30-,31+/m1/s1. The lowest BCUT2D eigenvalue weighted by Gasteiger charge is -2.35. The first-order valence-electron chi connectivity index (χ1n) is 13.9. The predicted molar refractivity (Wildman–Crippen MR) is 157 cm³/mol. The van der Waals surface area contributed by atoms with Gasteiger partial charge in [-0.05, 0) is 52.6 Å². The van der Waals surface area contributed by atoms with E-state index in [1.807, 2.05) is 102 Å². The van der Waals surface area contributed by atoms with Crippen molar-refractivity contribution >= 4 is 29.5 Å². The summed E-state index contributed by atoms with van der Waals surface area (Å²) in [6, 6.07) is 32.2. The van der Waals surface area contributed by atoms with Crippen LogP contribution in [0.15, 0.2) is 115 Å². The molecule has 0 radical (unpaired) electrons. The Morgan fingerprint density at radius 1 is 0.738 bits per heavy atom. The lowest BCUT2D eigenvalue weighted by atomic mass is 9.84. The van der Waals surface area contributed by atoms with Crippen LogP contribution in [0.3, 0.4) is 0 Å². The summed E-state index contributed by atoms with van der Waals surface area (Å²) in [5, 5.41) is 0. The lowest BCUT2D eigenvalue weighted by molar-refractivity contribution is -0.155. The largest absolute Gasteiger partial charge is 0.497 e. The van der Waals surface area contributed by atoms with E-state index in [-0.39, 0.29) is 5.91 Å². The van der Waals surface area contributed by atoms with Crippen LogP contribution in [0, 0.1) is 11.8 Å². The molecular formula is C35H28N2O5. The van der Waals surface area contributed by atoms with E-state index in [2.05, 4.69) is 0 Å². The first kappa shape index (κ1) is 25.8. The number of nitrogens with zero attached hydrogens (tertiary/aromatic N) is 2. The number of hydrogen-bond acceptors (Lipinski definition) is 6. The highest BCUT2D eigenvalue weighted by Gasteiger charge is 2.65. The van der Waals surface area contributed by atoms with Crippen LogP contribution in [0.2, 0.25) is 0 Å². The molecule has 0 bridgehead atoms. The highest BCUT2D eigenvalue weighted by molar-refractivity contribution is 6.24. The molecule has 0 aliphatic carbocycles. The molecule has 208 valence electrons. The smallest absolute Gasteiger partial charge is 0.330 e. The summed E-state index contributed by atoms with van der Waals surface area (Å²) in [5.41, 5.74) is 3.95. The topological polar surface area (TPSA) is 76.2 Å². The van der Waals surface area contributed by atoms with Gasteiger partial charge in [-0.3, -0.25) is 9.59 Å². The molecule has 0 N–H and O–H groups in total. The number of anilines is 1. The molecule has 4 atom stereocenters. The summed E-state index contributed by atoms with van der Waals surface area (Å²) in [5.74, 6) is -2.34. The van der Waals surface area contributed by atoms with Crippen LogP contribution in [0.4, 0.5) is 5.69 Å². The Bertz CT molecular complexity index is 1650. The van der Waals surface area contributed by atoms with Crippen molar-refractivity contribution < 1.29 is 23.9 Å². The zero-order valence-electron chi connectivity index (χ0n) is 22.9. The fraction of sp³-hybridized carbons (Fsp3) is 0.171. The molecular weight excluding hydrogens is 528 g/mol. The zero-order valence-corrected chi connectivity index (χ0v) is 22.9. The molecule has 42 heavy (non-hydrogen) atoms. The monoisotopic (exact) mass is 556 g/mol. The summed E-state index contributed by atoms with van der Waals surface area (Å²) in [6.07, 6.45) is 3.08. The van der Waals surface area contributed by atoms with E-state index in [1.54, 1.807) is 31.4 Å². The fourth-order valence-electron chi connectivity index (χ4n) is 6.58. The molecule has 3 heterocycles. The van der Waals surface area contributed by atoms with Gasteiger partial charge in [0.1, 0.15) is 11.8 Å². The van der Waals surface area contributed by atoms with Gasteiger partial charge >= 0.3 is 5.97 Å². The van der Waals surface area contributed by atoms with E-state index in [1.165, 1.54) is 4.90 Å². The second kappa shape index (κ2) is 10.3. The quantitative estimate of drug-likeness (QED) is 0.229. The first-order chi connectivity index (χ1) is 20.6. The predicted octanol–water partition coefficient (Wildman–Crippen LogP) is 5.54. The summed E-state index contributed by atoms with van der Waals surface area (Å²) in [7, 11) is 1.56. The van der Waals surface area contributed by atoms with E-state index < -0.39 is 41.9 Å². The van der Waals surface area contributed by atoms with Gasteiger partial charge in [0.05, 0.1) is 30.7 Å². The number of rotatable bonds is 6. The Morgan fingerprint density at radius 2 is 1.33 bits per heavy atom. The number of ether oxygens (including phenoxy) is 2. The molecule has 3 aliphatic heterocycles. The van der Waals surface area contributed by atoms with Crippen molar-refractivity contribution in [1.82, 2.24) is 4.90 Å². The van der Waals surface area contributed by atoms with E-state index >= 15 is 0 Å². The van der Waals surface area contributed by atoms with Crippen molar-refractivity contribution in [1.29, 1.82) is 0 Å². The number of methoxy groups -OCH3 is 1. The summed E-state index contributed by atoms with van der Waals surface area (Å²) >= 11 is 0. The molecule has 4 aromatic rings. The van der Waals surface area contributed by atoms with Gasteiger partial charge in [-0.25, -0.2) is 9.69 Å². The average molecular weight is 557 g/mol. The van der Waals surface area contributed by atoms with Crippen molar-refractivity contribution in [3.05, 3.63) is 138 Å². The number of amides is 2. The van der Waals surface area contributed by atoms with Crippen molar-refractivity contribution in [3.8, 4) is 5.75 Å². The van der Waals surface area contributed by atoms with Crippen molar-refractivity contribution in [2.24, 2.45) is 11.8 Å². The highest BCUT2D eigenvalue weighted by atomic mass is 16.5. The van der Waals surface area contributed by atoms with Crippen molar-refractivity contribution in [2.45, 2.75) is 18.2 Å².